The Kier molecular flexibility index (Phi) is 8.65. The lowest BCUT2D eigenvalue weighted by atomic mass is 10.0. The smallest absolute Gasteiger partial charge is 0.219 e. The highest BCUT2D eigenvalue weighted by Crippen LogP contribution is 2.21. The van der Waals surface area contributed by atoms with Crippen molar-refractivity contribution in [1.29, 1.82) is 0 Å². The molecule has 0 aromatic heterocycles. The van der Waals surface area contributed by atoms with Crippen LogP contribution in [0.2, 0.25) is 0 Å². The van der Waals surface area contributed by atoms with Gasteiger partial charge in [-0.05, 0) is 62.7 Å². The number of hydrogen-bond donors (Lipinski definition) is 1. The van der Waals surface area contributed by atoms with Gasteiger partial charge in [-0.2, -0.15) is 0 Å². The fourth-order valence-electron chi connectivity index (χ4n) is 4.84. The standard InChI is InChI=1S/C28H39N3O4/c1-23-5-9-27(10-6-23)35-22-28(33)20-30(15-16-31(21-28)24(2)32)19-25-7-11-26(12-8-25)34-18-17-29-13-3-4-14-29/h5-12,33H,3-4,13-22H2,1-2H3/t28-/m1/s1. The molecule has 2 heterocycles. The zero-order valence-corrected chi connectivity index (χ0v) is 21.1. The van der Waals surface area contributed by atoms with E-state index in [2.05, 4.69) is 21.9 Å². The van der Waals surface area contributed by atoms with E-state index < -0.39 is 5.60 Å². The summed E-state index contributed by atoms with van der Waals surface area (Å²) in [5.74, 6) is 1.57. The third-order valence-electron chi connectivity index (χ3n) is 6.87. The van der Waals surface area contributed by atoms with Crippen molar-refractivity contribution in [1.82, 2.24) is 14.7 Å². The van der Waals surface area contributed by atoms with E-state index in [9.17, 15) is 9.90 Å². The zero-order chi connectivity index (χ0) is 24.7. The van der Waals surface area contributed by atoms with E-state index in [1.165, 1.54) is 25.9 Å². The molecule has 2 aliphatic rings. The number of carbonyl (C=O) groups is 1. The summed E-state index contributed by atoms with van der Waals surface area (Å²) in [4.78, 5) is 18.5. The summed E-state index contributed by atoms with van der Waals surface area (Å²) >= 11 is 0. The molecule has 4 rings (SSSR count). The van der Waals surface area contributed by atoms with Gasteiger partial charge in [0.05, 0.1) is 6.54 Å². The van der Waals surface area contributed by atoms with Gasteiger partial charge in [0.25, 0.3) is 0 Å². The number of aliphatic hydroxyl groups is 1. The molecule has 1 N–H and O–H groups in total. The van der Waals surface area contributed by atoms with Crippen molar-refractivity contribution >= 4 is 5.91 Å². The molecule has 2 saturated heterocycles. The summed E-state index contributed by atoms with van der Waals surface area (Å²) in [7, 11) is 0. The quantitative estimate of drug-likeness (QED) is 0.594. The molecule has 7 nitrogen and oxygen atoms in total. The molecule has 7 heteroatoms. The first-order valence-electron chi connectivity index (χ1n) is 12.7. The maximum atomic E-state index is 12.2. The molecule has 0 saturated carbocycles. The SMILES string of the molecule is CC(=O)N1CCN(Cc2ccc(OCCN3CCCC3)cc2)C[C@](O)(COc2ccc(C)cc2)C1. The molecule has 2 fully saturated rings. The molecule has 0 spiro atoms. The molecule has 0 aliphatic carbocycles. The summed E-state index contributed by atoms with van der Waals surface area (Å²) in [6, 6.07) is 16.0. The lowest BCUT2D eigenvalue weighted by Gasteiger charge is -2.32. The van der Waals surface area contributed by atoms with Crippen molar-refractivity contribution in [3.63, 3.8) is 0 Å². The van der Waals surface area contributed by atoms with Gasteiger partial charge in [0.2, 0.25) is 5.91 Å². The Labute approximate surface area is 209 Å². The molecule has 2 aliphatic heterocycles. The predicted octanol–water partition coefficient (Wildman–Crippen LogP) is 2.94. The van der Waals surface area contributed by atoms with Gasteiger partial charge in [-0.25, -0.2) is 0 Å². The van der Waals surface area contributed by atoms with Crippen molar-refractivity contribution in [2.45, 2.75) is 38.8 Å². The number of nitrogens with zero attached hydrogens (tertiary/aromatic N) is 3. The first kappa shape index (κ1) is 25.5. The minimum Gasteiger partial charge on any atom is -0.492 e. The van der Waals surface area contributed by atoms with Crippen LogP contribution in [0.25, 0.3) is 0 Å². The van der Waals surface area contributed by atoms with Crippen LogP contribution in [-0.4, -0.2) is 90.3 Å². The van der Waals surface area contributed by atoms with E-state index in [0.29, 0.717) is 32.8 Å². The number of β-amino-alcohol motifs (C(OH)–C–C–N with tert-alkyl or cyclic N) is 1. The first-order chi connectivity index (χ1) is 16.9. The van der Waals surface area contributed by atoms with Crippen LogP contribution in [0.4, 0.5) is 0 Å². The van der Waals surface area contributed by atoms with E-state index in [1.807, 2.05) is 43.3 Å². The van der Waals surface area contributed by atoms with Crippen LogP contribution < -0.4 is 9.47 Å². The van der Waals surface area contributed by atoms with Crippen LogP contribution in [0, 0.1) is 6.92 Å². The number of amides is 1. The molecule has 2 aromatic rings. The normalized spacial score (nSPS) is 21.6. The van der Waals surface area contributed by atoms with Gasteiger partial charge in [-0.15, -0.1) is 0 Å². The second-order valence-corrected chi connectivity index (χ2v) is 10.0. The number of hydrogen-bond acceptors (Lipinski definition) is 6. The first-order valence-corrected chi connectivity index (χ1v) is 12.7. The van der Waals surface area contributed by atoms with Crippen molar-refractivity contribution in [3.8, 4) is 11.5 Å². The topological polar surface area (TPSA) is 65.5 Å². The second kappa shape index (κ2) is 11.9. The van der Waals surface area contributed by atoms with Gasteiger partial charge >= 0.3 is 0 Å². The number of aryl methyl sites for hydroxylation is 1. The molecule has 190 valence electrons. The summed E-state index contributed by atoms with van der Waals surface area (Å²) < 4.78 is 11.9. The van der Waals surface area contributed by atoms with Gasteiger partial charge < -0.3 is 19.5 Å². The highest BCUT2D eigenvalue weighted by atomic mass is 16.5. The van der Waals surface area contributed by atoms with Crippen LogP contribution >= 0.6 is 0 Å². The van der Waals surface area contributed by atoms with Crippen LogP contribution in [0.1, 0.15) is 30.9 Å². The summed E-state index contributed by atoms with van der Waals surface area (Å²) in [5.41, 5.74) is 1.14. The van der Waals surface area contributed by atoms with Gasteiger partial charge in [-0.1, -0.05) is 29.8 Å². The largest absolute Gasteiger partial charge is 0.492 e. The van der Waals surface area contributed by atoms with Gasteiger partial charge in [0, 0.05) is 39.6 Å². The minimum absolute atomic E-state index is 0.0314. The van der Waals surface area contributed by atoms with Crippen LogP contribution in [0.15, 0.2) is 48.5 Å². The minimum atomic E-state index is -1.16. The van der Waals surface area contributed by atoms with Crippen LogP contribution in [-0.2, 0) is 11.3 Å². The Morgan fingerprint density at radius 1 is 0.886 bits per heavy atom. The molecular formula is C28H39N3O4. The van der Waals surface area contributed by atoms with Crippen molar-refractivity contribution in [2.75, 3.05) is 59.0 Å². The summed E-state index contributed by atoms with van der Waals surface area (Å²) in [5, 5.41) is 11.5. The summed E-state index contributed by atoms with van der Waals surface area (Å²) in [6.07, 6.45) is 2.59. The predicted molar refractivity (Wildman–Crippen MR) is 137 cm³/mol. The third kappa shape index (κ3) is 7.69. The highest BCUT2D eigenvalue weighted by Gasteiger charge is 2.36. The molecule has 1 atom stereocenters. The second-order valence-electron chi connectivity index (χ2n) is 10.0. The van der Waals surface area contributed by atoms with E-state index in [4.69, 9.17) is 9.47 Å². The third-order valence-corrected chi connectivity index (χ3v) is 6.87. The highest BCUT2D eigenvalue weighted by molar-refractivity contribution is 5.73. The molecule has 0 unspecified atom stereocenters. The number of likely N-dealkylation sites (tertiary alicyclic amines) is 1. The van der Waals surface area contributed by atoms with Gasteiger partial charge in [-0.3, -0.25) is 14.6 Å². The van der Waals surface area contributed by atoms with Gasteiger partial charge in [0.1, 0.15) is 30.3 Å². The Morgan fingerprint density at radius 2 is 1.54 bits per heavy atom. The lowest BCUT2D eigenvalue weighted by molar-refractivity contribution is -0.132. The van der Waals surface area contributed by atoms with Crippen molar-refractivity contribution in [2.24, 2.45) is 0 Å². The number of benzene rings is 2. The molecule has 0 bridgehead atoms. The average molecular weight is 482 g/mol. The maximum Gasteiger partial charge on any atom is 0.219 e. The van der Waals surface area contributed by atoms with E-state index in [0.717, 1.165) is 29.2 Å². The Morgan fingerprint density at radius 3 is 2.23 bits per heavy atom. The number of ether oxygens (including phenoxy) is 2. The van der Waals surface area contributed by atoms with E-state index in [-0.39, 0.29) is 19.1 Å². The van der Waals surface area contributed by atoms with Gasteiger partial charge in [0.15, 0.2) is 0 Å². The maximum absolute atomic E-state index is 12.2. The summed E-state index contributed by atoms with van der Waals surface area (Å²) in [6.45, 7) is 10.4. The number of rotatable bonds is 9. The fraction of sp³-hybridized carbons (Fsp3) is 0.536. The lowest BCUT2D eigenvalue weighted by Crippen LogP contribution is -2.51. The Bertz CT molecular complexity index is 944. The molecule has 35 heavy (non-hydrogen) atoms. The van der Waals surface area contributed by atoms with E-state index in [1.54, 1.807) is 11.8 Å². The molecule has 1 amide bonds. The molecular weight excluding hydrogens is 442 g/mol. The van der Waals surface area contributed by atoms with E-state index >= 15 is 0 Å². The number of carbonyl (C=O) groups excluding carboxylic acids is 1. The fourth-order valence-corrected chi connectivity index (χ4v) is 4.84. The Hall–Kier alpha value is -2.61. The van der Waals surface area contributed by atoms with Crippen LogP contribution in [0.5, 0.6) is 11.5 Å². The van der Waals surface area contributed by atoms with Crippen molar-refractivity contribution in [3.05, 3.63) is 59.7 Å². The average Bonchev–Trinajstić information content (AvgIpc) is 3.29. The monoisotopic (exact) mass is 481 g/mol. The van der Waals surface area contributed by atoms with Crippen LogP contribution in [0.3, 0.4) is 0 Å². The van der Waals surface area contributed by atoms with Crippen molar-refractivity contribution < 1.29 is 19.4 Å². The molecule has 0 radical (unpaired) electrons. The zero-order valence-electron chi connectivity index (χ0n) is 21.1. The molecule has 2 aromatic carbocycles. The Balaban J connectivity index is 1.34.